The summed E-state index contributed by atoms with van der Waals surface area (Å²) in [6.45, 7) is 3.58. The molecule has 4 aromatic rings. The zero-order valence-electron chi connectivity index (χ0n) is 25.5. The Kier molecular flexibility index (Phi) is 8.28. The molecule has 8 heteroatoms. The van der Waals surface area contributed by atoms with Gasteiger partial charge in [0.1, 0.15) is 11.4 Å². The van der Waals surface area contributed by atoms with Crippen LogP contribution in [0, 0.1) is 0 Å². The van der Waals surface area contributed by atoms with Gasteiger partial charge in [-0.25, -0.2) is 4.79 Å². The molecule has 0 unspecified atom stereocenters. The number of carboxylic acids is 1. The normalized spacial score (nSPS) is 16.6. The number of hydrogen-bond donors (Lipinski definition) is 1. The number of methoxy groups -OCH3 is 1. The zero-order chi connectivity index (χ0) is 30.0. The number of fused-ring (bicyclic) bond motifs is 3. The van der Waals surface area contributed by atoms with Crippen LogP contribution in [0.15, 0.2) is 42.5 Å². The molecule has 1 N–H and O–H groups in total. The zero-order valence-corrected chi connectivity index (χ0v) is 25.5. The lowest BCUT2D eigenvalue weighted by atomic mass is 9.92. The van der Waals surface area contributed by atoms with Crippen molar-refractivity contribution in [2.75, 3.05) is 26.9 Å². The lowest BCUT2D eigenvalue weighted by Gasteiger charge is -2.16. The molecule has 0 radical (unpaired) electrons. The van der Waals surface area contributed by atoms with Crippen LogP contribution in [0.25, 0.3) is 22.4 Å². The first-order valence-corrected chi connectivity index (χ1v) is 16.1. The molecule has 7 rings (SSSR count). The molecule has 8 nitrogen and oxygen atoms in total. The first-order valence-electron chi connectivity index (χ1n) is 16.1. The van der Waals surface area contributed by atoms with E-state index < -0.39 is 5.97 Å². The Morgan fingerprint density at radius 1 is 1.11 bits per heavy atom. The number of carbonyl (C=O) groups is 1. The van der Waals surface area contributed by atoms with E-state index in [1.54, 1.807) is 7.11 Å². The number of nitrogens with zero attached hydrogens (tertiary/aromatic N) is 3. The van der Waals surface area contributed by atoms with Gasteiger partial charge in [-0.3, -0.25) is 4.68 Å². The van der Waals surface area contributed by atoms with Gasteiger partial charge in [-0.05, 0) is 74.0 Å². The summed E-state index contributed by atoms with van der Waals surface area (Å²) in [6, 6.07) is 14.3. The minimum Gasteiger partial charge on any atom is -0.493 e. The lowest BCUT2D eigenvalue weighted by molar-refractivity contribution is 0.0682. The van der Waals surface area contributed by atoms with E-state index in [9.17, 15) is 9.90 Å². The Morgan fingerprint density at radius 2 is 1.98 bits per heavy atom. The molecular formula is C36H41N3O5. The highest BCUT2D eigenvalue weighted by atomic mass is 16.5. The summed E-state index contributed by atoms with van der Waals surface area (Å²) in [4.78, 5) is 13.0. The molecule has 2 aromatic heterocycles. The van der Waals surface area contributed by atoms with Gasteiger partial charge in [0.25, 0.3) is 0 Å². The monoisotopic (exact) mass is 595 g/mol. The third-order valence-electron chi connectivity index (χ3n) is 9.21. The van der Waals surface area contributed by atoms with Crippen LogP contribution >= 0.6 is 0 Å². The van der Waals surface area contributed by atoms with Crippen molar-refractivity contribution >= 4 is 28.4 Å². The molecule has 3 heterocycles. The van der Waals surface area contributed by atoms with Gasteiger partial charge in [-0.2, -0.15) is 5.10 Å². The van der Waals surface area contributed by atoms with Crippen molar-refractivity contribution in [1.82, 2.24) is 14.3 Å². The van der Waals surface area contributed by atoms with Gasteiger partial charge in [0.15, 0.2) is 0 Å². The number of aromatic carboxylic acids is 1. The molecular weight excluding hydrogens is 554 g/mol. The molecule has 2 aliphatic carbocycles. The summed E-state index contributed by atoms with van der Waals surface area (Å²) in [7, 11) is 1.73. The Bertz CT molecular complexity index is 1810. The Labute approximate surface area is 257 Å². The van der Waals surface area contributed by atoms with E-state index in [0.29, 0.717) is 57.5 Å². The van der Waals surface area contributed by atoms with E-state index in [4.69, 9.17) is 19.3 Å². The fourth-order valence-corrected chi connectivity index (χ4v) is 7.15. The summed E-state index contributed by atoms with van der Waals surface area (Å²) in [6.07, 6.45) is 9.41. The molecule has 1 saturated carbocycles. The first kappa shape index (κ1) is 28.9. The SMILES string of the molecule is COCCn1nc2c(c1C1CC1)C1=c3c(c(CCCOc4cccc5ccccc45)c(C(=O)O)n3CCCCOC2)=CCC1. The average molecular weight is 596 g/mol. The number of rotatable bonds is 10. The maximum Gasteiger partial charge on any atom is 0.352 e. The van der Waals surface area contributed by atoms with Crippen molar-refractivity contribution in [1.29, 1.82) is 0 Å². The lowest BCUT2D eigenvalue weighted by Crippen LogP contribution is -2.36. The van der Waals surface area contributed by atoms with E-state index in [0.717, 1.165) is 83.3 Å². The molecule has 0 spiro atoms. The van der Waals surface area contributed by atoms with Crippen LogP contribution in [-0.4, -0.2) is 52.4 Å². The molecule has 1 aliphatic heterocycles. The van der Waals surface area contributed by atoms with Crippen molar-refractivity contribution < 1.29 is 24.1 Å². The number of hydrogen-bond acceptors (Lipinski definition) is 5. The highest BCUT2D eigenvalue weighted by Gasteiger charge is 2.35. The van der Waals surface area contributed by atoms with E-state index in [-0.39, 0.29) is 0 Å². The number of ether oxygens (including phenoxy) is 3. The predicted octanol–water partition coefficient (Wildman–Crippen LogP) is 5.16. The number of carboxylic acid groups (broad SMARTS) is 1. The van der Waals surface area contributed by atoms with Gasteiger partial charge in [-0.15, -0.1) is 0 Å². The van der Waals surface area contributed by atoms with E-state index in [1.165, 1.54) is 16.8 Å². The Morgan fingerprint density at radius 3 is 2.82 bits per heavy atom. The van der Waals surface area contributed by atoms with E-state index in [1.807, 2.05) is 24.3 Å². The largest absolute Gasteiger partial charge is 0.493 e. The van der Waals surface area contributed by atoms with Crippen LogP contribution in [0.1, 0.15) is 83.9 Å². The molecule has 2 aromatic carbocycles. The van der Waals surface area contributed by atoms with Crippen molar-refractivity contribution in [2.45, 2.75) is 77.0 Å². The van der Waals surface area contributed by atoms with Crippen molar-refractivity contribution in [3.05, 3.63) is 81.2 Å². The molecule has 0 atom stereocenters. The second-order valence-corrected chi connectivity index (χ2v) is 12.2. The van der Waals surface area contributed by atoms with Crippen molar-refractivity contribution in [3.8, 4) is 5.75 Å². The van der Waals surface area contributed by atoms with Gasteiger partial charge < -0.3 is 23.9 Å². The molecule has 1 fully saturated rings. The quantitative estimate of drug-likeness (QED) is 0.255. The number of benzene rings is 2. The van der Waals surface area contributed by atoms with Crippen molar-refractivity contribution in [2.24, 2.45) is 0 Å². The van der Waals surface area contributed by atoms with Gasteiger partial charge in [0.2, 0.25) is 0 Å². The predicted molar refractivity (Wildman–Crippen MR) is 170 cm³/mol. The summed E-state index contributed by atoms with van der Waals surface area (Å²) in [5.74, 6) is 0.482. The fraction of sp³-hybridized carbons (Fsp3) is 0.444. The average Bonchev–Trinajstić information content (AvgIpc) is 3.74. The Balaban J connectivity index is 1.31. The molecule has 230 valence electrons. The summed E-state index contributed by atoms with van der Waals surface area (Å²) in [5, 5.41) is 20.2. The molecule has 0 saturated heterocycles. The highest BCUT2D eigenvalue weighted by molar-refractivity contribution is 5.89. The van der Waals surface area contributed by atoms with Crippen LogP contribution in [-0.2, 0) is 35.6 Å². The maximum absolute atomic E-state index is 13.0. The van der Waals surface area contributed by atoms with Gasteiger partial charge in [0.05, 0.1) is 37.4 Å². The summed E-state index contributed by atoms with van der Waals surface area (Å²) in [5.41, 5.74) is 6.04. The second kappa shape index (κ2) is 12.6. The highest BCUT2D eigenvalue weighted by Crippen LogP contribution is 2.45. The smallest absolute Gasteiger partial charge is 0.352 e. The maximum atomic E-state index is 13.0. The van der Waals surface area contributed by atoms with Crippen LogP contribution in [0.4, 0.5) is 0 Å². The summed E-state index contributed by atoms with van der Waals surface area (Å²) >= 11 is 0. The molecule has 0 amide bonds. The van der Waals surface area contributed by atoms with Crippen LogP contribution in [0.3, 0.4) is 0 Å². The third-order valence-corrected chi connectivity index (χ3v) is 9.21. The fourth-order valence-electron chi connectivity index (χ4n) is 7.15. The minimum atomic E-state index is -0.860. The van der Waals surface area contributed by atoms with Gasteiger partial charge in [-0.1, -0.05) is 42.5 Å². The third kappa shape index (κ3) is 5.46. The molecule has 0 bridgehead atoms. The first-order chi connectivity index (χ1) is 21.7. The van der Waals surface area contributed by atoms with Gasteiger partial charge in [0, 0.05) is 48.0 Å². The van der Waals surface area contributed by atoms with E-state index >= 15 is 0 Å². The summed E-state index contributed by atoms with van der Waals surface area (Å²) < 4.78 is 22.1. The minimum absolute atomic E-state index is 0.428. The topological polar surface area (TPSA) is 87.7 Å². The van der Waals surface area contributed by atoms with Gasteiger partial charge >= 0.3 is 5.97 Å². The number of aromatic nitrogens is 3. The van der Waals surface area contributed by atoms with Crippen molar-refractivity contribution in [3.63, 3.8) is 0 Å². The van der Waals surface area contributed by atoms with E-state index in [2.05, 4.69) is 33.5 Å². The Hall–Kier alpha value is -3.88. The van der Waals surface area contributed by atoms with Crippen LogP contribution in [0.2, 0.25) is 0 Å². The second-order valence-electron chi connectivity index (χ2n) is 12.2. The standard InChI is InChI=1S/C36H41N3O5/c1-42-22-19-39-33(25-16-17-25)32-29-13-7-12-27-28(14-8-21-44-31-15-6-10-24-9-2-3-11-26(24)31)35(36(40)41)38(34(27)29)18-4-5-20-43-23-30(32)37-39/h2-3,6,9-12,15,25H,4-5,7-8,13-14,16-23H2,1H3,(H,40,41). The molecule has 44 heavy (non-hydrogen) atoms. The van der Waals surface area contributed by atoms with Crippen LogP contribution in [0.5, 0.6) is 5.75 Å². The molecule has 3 aliphatic rings. The van der Waals surface area contributed by atoms with Crippen LogP contribution < -0.4 is 15.3 Å².